The molecule has 6 heteroatoms. The summed E-state index contributed by atoms with van der Waals surface area (Å²) >= 11 is 0. The topological polar surface area (TPSA) is 62.2 Å². The molecule has 1 atom stereocenters. The number of hydrogen-bond donors (Lipinski definition) is 2. The average Bonchev–Trinajstić information content (AvgIpc) is 3.12. The molecule has 0 spiro atoms. The number of carbonyl (C=O) groups excluding carboxylic acids is 1. The largest absolute Gasteiger partial charge is 0.336 e. The van der Waals surface area contributed by atoms with Gasteiger partial charge in [-0.1, -0.05) is 39.0 Å². The third-order valence-corrected chi connectivity index (χ3v) is 5.38. The average molecular weight is 370 g/mol. The predicted octanol–water partition coefficient (Wildman–Crippen LogP) is 3.75. The molecule has 1 aromatic heterocycles. The summed E-state index contributed by atoms with van der Waals surface area (Å²) in [5.74, 6) is 1.85. The number of amides is 2. The standard InChI is InChI=1S/C21H31N5O/c1-16(2)19(25-12-9-17(3)10-13-25)15-22-21(27)23-20-11-14-26(24-20)18-7-5-4-6-8-18/h4-8,11,14,16-17,19H,9-10,12-13,15H2,1-3H3,(H2,22,23,24,27). The molecule has 2 N–H and O–H groups in total. The van der Waals surface area contributed by atoms with Crippen LogP contribution in [0.5, 0.6) is 0 Å². The lowest BCUT2D eigenvalue weighted by Gasteiger charge is -2.38. The Hall–Kier alpha value is -2.34. The molecule has 1 aromatic carbocycles. The van der Waals surface area contributed by atoms with E-state index >= 15 is 0 Å². The van der Waals surface area contributed by atoms with Crippen molar-refractivity contribution in [1.29, 1.82) is 0 Å². The summed E-state index contributed by atoms with van der Waals surface area (Å²) in [4.78, 5) is 14.9. The Morgan fingerprint density at radius 2 is 1.89 bits per heavy atom. The molecule has 2 amide bonds. The summed E-state index contributed by atoms with van der Waals surface area (Å²) in [6.07, 6.45) is 4.33. The van der Waals surface area contributed by atoms with Gasteiger partial charge in [0.15, 0.2) is 5.82 Å². The van der Waals surface area contributed by atoms with Crippen LogP contribution in [0.2, 0.25) is 0 Å². The molecular weight excluding hydrogens is 338 g/mol. The van der Waals surface area contributed by atoms with Crippen LogP contribution in [0.3, 0.4) is 0 Å². The van der Waals surface area contributed by atoms with E-state index < -0.39 is 0 Å². The van der Waals surface area contributed by atoms with Gasteiger partial charge >= 0.3 is 6.03 Å². The number of anilines is 1. The maximum absolute atomic E-state index is 12.3. The fourth-order valence-electron chi connectivity index (χ4n) is 3.62. The molecule has 146 valence electrons. The number of nitrogens with zero attached hydrogens (tertiary/aromatic N) is 3. The fraction of sp³-hybridized carbons (Fsp3) is 0.524. The number of urea groups is 1. The van der Waals surface area contributed by atoms with Crippen LogP contribution in [0.4, 0.5) is 10.6 Å². The number of para-hydroxylation sites is 1. The van der Waals surface area contributed by atoms with Crippen LogP contribution < -0.4 is 10.6 Å². The molecule has 1 fully saturated rings. The Morgan fingerprint density at radius 3 is 2.56 bits per heavy atom. The molecule has 1 aliphatic rings. The molecule has 6 nitrogen and oxygen atoms in total. The maximum Gasteiger partial charge on any atom is 0.320 e. The second-order valence-corrected chi connectivity index (χ2v) is 7.85. The van der Waals surface area contributed by atoms with Crippen LogP contribution >= 0.6 is 0 Å². The van der Waals surface area contributed by atoms with Gasteiger partial charge in [0.05, 0.1) is 5.69 Å². The van der Waals surface area contributed by atoms with E-state index in [9.17, 15) is 4.79 Å². The van der Waals surface area contributed by atoms with Gasteiger partial charge in [-0.2, -0.15) is 0 Å². The fourth-order valence-corrected chi connectivity index (χ4v) is 3.62. The Bertz CT molecular complexity index is 719. The minimum atomic E-state index is -0.204. The smallest absolute Gasteiger partial charge is 0.320 e. The van der Waals surface area contributed by atoms with E-state index in [-0.39, 0.29) is 6.03 Å². The van der Waals surface area contributed by atoms with Gasteiger partial charge in [-0.05, 0) is 49.9 Å². The van der Waals surface area contributed by atoms with Crippen molar-refractivity contribution < 1.29 is 4.79 Å². The van der Waals surface area contributed by atoms with Crippen molar-refractivity contribution in [1.82, 2.24) is 20.0 Å². The lowest BCUT2D eigenvalue weighted by molar-refractivity contribution is 0.108. The van der Waals surface area contributed by atoms with Crippen molar-refractivity contribution in [2.45, 2.75) is 39.7 Å². The van der Waals surface area contributed by atoms with E-state index in [0.29, 0.717) is 24.3 Å². The second kappa shape index (κ2) is 9.04. The molecule has 1 unspecified atom stereocenters. The molecule has 0 bridgehead atoms. The highest BCUT2D eigenvalue weighted by Crippen LogP contribution is 2.21. The van der Waals surface area contributed by atoms with Crippen molar-refractivity contribution in [3.05, 3.63) is 42.6 Å². The molecule has 27 heavy (non-hydrogen) atoms. The molecule has 3 rings (SSSR count). The van der Waals surface area contributed by atoms with E-state index in [4.69, 9.17) is 0 Å². The molecule has 1 saturated heterocycles. The SMILES string of the molecule is CC1CCN(C(CNC(=O)Nc2ccn(-c3ccccc3)n2)C(C)C)CC1. The van der Waals surface area contributed by atoms with Gasteiger partial charge in [-0.3, -0.25) is 10.2 Å². The minimum absolute atomic E-state index is 0.204. The summed E-state index contributed by atoms with van der Waals surface area (Å²) in [6, 6.07) is 11.8. The number of piperidine rings is 1. The maximum atomic E-state index is 12.3. The Kier molecular flexibility index (Phi) is 6.50. The Morgan fingerprint density at radius 1 is 1.19 bits per heavy atom. The number of benzene rings is 1. The highest BCUT2D eigenvalue weighted by atomic mass is 16.2. The van der Waals surface area contributed by atoms with Crippen LogP contribution in [0.15, 0.2) is 42.6 Å². The first-order valence-electron chi connectivity index (χ1n) is 9.93. The molecule has 2 heterocycles. The number of rotatable bonds is 6. The third kappa shape index (κ3) is 5.32. The molecule has 0 saturated carbocycles. The van der Waals surface area contributed by atoms with E-state index in [0.717, 1.165) is 24.7 Å². The molecule has 2 aromatic rings. The predicted molar refractivity (Wildman–Crippen MR) is 109 cm³/mol. The van der Waals surface area contributed by atoms with Crippen molar-refractivity contribution in [2.75, 3.05) is 25.0 Å². The van der Waals surface area contributed by atoms with Crippen LogP contribution in [0, 0.1) is 11.8 Å². The zero-order valence-electron chi connectivity index (χ0n) is 16.6. The quantitative estimate of drug-likeness (QED) is 0.815. The summed E-state index contributed by atoms with van der Waals surface area (Å²) in [7, 11) is 0. The normalized spacial score (nSPS) is 17.0. The molecular formula is C21H31N5O. The number of carbonyl (C=O) groups is 1. The first-order valence-corrected chi connectivity index (χ1v) is 9.93. The summed E-state index contributed by atoms with van der Waals surface area (Å²) in [5.41, 5.74) is 0.963. The van der Waals surface area contributed by atoms with Crippen LogP contribution in [0.25, 0.3) is 5.69 Å². The van der Waals surface area contributed by atoms with Gasteiger partial charge in [-0.25, -0.2) is 9.48 Å². The molecule has 0 radical (unpaired) electrons. The van der Waals surface area contributed by atoms with Crippen molar-refractivity contribution >= 4 is 11.8 Å². The van der Waals surface area contributed by atoms with Crippen molar-refractivity contribution in [2.24, 2.45) is 11.8 Å². The van der Waals surface area contributed by atoms with Crippen molar-refractivity contribution in [3.8, 4) is 5.69 Å². The Labute approximate surface area is 161 Å². The van der Waals surface area contributed by atoms with Gasteiger partial charge in [0.25, 0.3) is 0 Å². The third-order valence-electron chi connectivity index (χ3n) is 5.38. The Balaban J connectivity index is 1.52. The first-order chi connectivity index (χ1) is 13.0. The lowest BCUT2D eigenvalue weighted by atomic mass is 9.94. The molecule has 1 aliphatic heterocycles. The summed E-state index contributed by atoms with van der Waals surface area (Å²) in [5, 5.41) is 10.3. The highest BCUT2D eigenvalue weighted by molar-refractivity contribution is 5.88. The number of aromatic nitrogens is 2. The van der Waals surface area contributed by atoms with E-state index in [1.165, 1.54) is 12.8 Å². The number of nitrogens with one attached hydrogen (secondary N) is 2. The van der Waals surface area contributed by atoms with Crippen LogP contribution in [0.1, 0.15) is 33.6 Å². The van der Waals surface area contributed by atoms with E-state index in [1.807, 2.05) is 36.5 Å². The molecule has 0 aliphatic carbocycles. The van der Waals surface area contributed by atoms with Gasteiger partial charge in [-0.15, -0.1) is 5.10 Å². The van der Waals surface area contributed by atoms with E-state index in [1.54, 1.807) is 10.7 Å². The van der Waals surface area contributed by atoms with Gasteiger partial charge in [0.1, 0.15) is 0 Å². The lowest BCUT2D eigenvalue weighted by Crippen LogP contribution is -2.50. The van der Waals surface area contributed by atoms with Gasteiger partial charge < -0.3 is 5.32 Å². The second-order valence-electron chi connectivity index (χ2n) is 7.85. The monoisotopic (exact) mass is 369 g/mol. The van der Waals surface area contributed by atoms with Gasteiger partial charge in [0.2, 0.25) is 0 Å². The van der Waals surface area contributed by atoms with Gasteiger partial charge in [0, 0.05) is 24.8 Å². The van der Waals surface area contributed by atoms with Crippen molar-refractivity contribution in [3.63, 3.8) is 0 Å². The highest BCUT2D eigenvalue weighted by Gasteiger charge is 2.25. The van der Waals surface area contributed by atoms with Crippen LogP contribution in [-0.2, 0) is 0 Å². The summed E-state index contributed by atoms with van der Waals surface area (Å²) in [6.45, 7) is 9.66. The van der Waals surface area contributed by atoms with Crippen LogP contribution in [-0.4, -0.2) is 46.4 Å². The zero-order chi connectivity index (χ0) is 19.2. The number of likely N-dealkylation sites (tertiary alicyclic amines) is 1. The first kappa shape index (κ1) is 19.4. The minimum Gasteiger partial charge on any atom is -0.336 e. The van der Waals surface area contributed by atoms with E-state index in [2.05, 4.69) is 41.4 Å². The zero-order valence-corrected chi connectivity index (χ0v) is 16.6. The number of hydrogen-bond acceptors (Lipinski definition) is 3. The summed E-state index contributed by atoms with van der Waals surface area (Å²) < 4.78 is 1.75.